The summed E-state index contributed by atoms with van der Waals surface area (Å²) >= 11 is 0. The fraction of sp³-hybridized carbons (Fsp3) is 0.292. The highest BCUT2D eigenvalue weighted by molar-refractivity contribution is 6.03. The van der Waals surface area contributed by atoms with Crippen LogP contribution < -0.4 is 15.4 Å². The molecule has 1 aliphatic rings. The predicted octanol–water partition coefficient (Wildman–Crippen LogP) is 5.44. The number of nitrogens with zero attached hydrogens (tertiary/aromatic N) is 2. The lowest BCUT2D eigenvalue weighted by Crippen LogP contribution is -2.22. The Kier molecular flexibility index (Phi) is 5.65. The van der Waals surface area contributed by atoms with Crippen molar-refractivity contribution in [2.75, 3.05) is 17.2 Å². The number of fused-ring (bicyclic) bond motifs is 1. The summed E-state index contributed by atoms with van der Waals surface area (Å²) < 4.78 is 5.50. The van der Waals surface area contributed by atoms with Gasteiger partial charge in [-0.1, -0.05) is 19.1 Å². The molecule has 0 saturated heterocycles. The van der Waals surface area contributed by atoms with Gasteiger partial charge in [-0.3, -0.25) is 4.79 Å². The number of hydrogen-bond acceptors (Lipinski definition) is 6. The van der Waals surface area contributed by atoms with Crippen molar-refractivity contribution < 1.29 is 9.53 Å². The fourth-order valence-corrected chi connectivity index (χ4v) is 3.70. The van der Waals surface area contributed by atoms with E-state index in [1.807, 2.05) is 62.4 Å². The largest absolute Gasteiger partial charge is 0.494 e. The van der Waals surface area contributed by atoms with E-state index in [1.54, 1.807) is 0 Å². The van der Waals surface area contributed by atoms with Crippen LogP contribution in [0.1, 0.15) is 41.9 Å². The number of Topliss-reactive ketones (excluding diaryl/α,β-unsaturated/α-hetero) is 1. The zero-order valence-corrected chi connectivity index (χ0v) is 17.5. The molecule has 3 aromatic rings. The molecule has 2 N–H and O–H groups in total. The molecule has 1 aliphatic carbocycles. The quantitative estimate of drug-likeness (QED) is 0.572. The van der Waals surface area contributed by atoms with E-state index in [1.165, 1.54) is 0 Å². The zero-order valence-electron chi connectivity index (χ0n) is 17.5. The van der Waals surface area contributed by atoms with Crippen molar-refractivity contribution in [2.45, 2.75) is 33.6 Å². The third-order valence-electron chi connectivity index (χ3n) is 5.04. The number of aryl methyl sites for hydroxylation is 1. The molecule has 6 heteroatoms. The lowest BCUT2D eigenvalue weighted by molar-refractivity contribution is 0.0953. The number of nitrogens with one attached hydrogen (secondary N) is 2. The maximum absolute atomic E-state index is 12.8. The number of benzene rings is 2. The minimum Gasteiger partial charge on any atom is -0.494 e. The van der Waals surface area contributed by atoms with Gasteiger partial charge in [-0.15, -0.1) is 0 Å². The van der Waals surface area contributed by atoms with Crippen molar-refractivity contribution in [3.8, 4) is 5.75 Å². The molecule has 154 valence electrons. The fourth-order valence-electron chi connectivity index (χ4n) is 3.70. The SMILES string of the molecule is CCOc1ccc(Nc2nc3c(c(Nc4cccc(C)c4)n2)C(=O)CC(C)C3)cc1. The third kappa shape index (κ3) is 4.43. The first-order chi connectivity index (χ1) is 14.5. The minimum atomic E-state index is 0.0894. The van der Waals surface area contributed by atoms with E-state index in [0.717, 1.165) is 34.8 Å². The number of hydrogen-bond donors (Lipinski definition) is 2. The van der Waals surface area contributed by atoms with Gasteiger partial charge in [0.05, 0.1) is 17.9 Å². The third-order valence-corrected chi connectivity index (χ3v) is 5.04. The second-order valence-electron chi connectivity index (χ2n) is 7.73. The molecule has 2 aromatic carbocycles. The molecule has 1 unspecified atom stereocenters. The number of carbonyl (C=O) groups is 1. The Hall–Kier alpha value is -3.41. The highest BCUT2D eigenvalue weighted by atomic mass is 16.5. The van der Waals surface area contributed by atoms with Gasteiger partial charge in [-0.2, -0.15) is 4.98 Å². The Morgan fingerprint density at radius 1 is 1.03 bits per heavy atom. The van der Waals surface area contributed by atoms with Crippen LogP contribution in [0.4, 0.5) is 23.1 Å². The summed E-state index contributed by atoms with van der Waals surface area (Å²) in [5.41, 5.74) is 4.28. The van der Waals surface area contributed by atoms with Gasteiger partial charge in [-0.05, 0) is 68.1 Å². The minimum absolute atomic E-state index is 0.0894. The zero-order chi connectivity index (χ0) is 21.1. The average Bonchev–Trinajstić information content (AvgIpc) is 2.69. The highest BCUT2D eigenvalue weighted by Gasteiger charge is 2.28. The summed E-state index contributed by atoms with van der Waals surface area (Å²) in [4.78, 5) is 22.1. The van der Waals surface area contributed by atoms with Crippen LogP contribution in [-0.2, 0) is 6.42 Å². The molecular weight excluding hydrogens is 376 g/mol. The second-order valence-corrected chi connectivity index (χ2v) is 7.73. The molecule has 0 saturated carbocycles. The number of carbonyl (C=O) groups excluding carboxylic acids is 1. The maximum atomic E-state index is 12.8. The molecule has 0 aliphatic heterocycles. The summed E-state index contributed by atoms with van der Waals surface area (Å²) in [5.74, 6) is 2.19. The van der Waals surface area contributed by atoms with Crippen molar-refractivity contribution in [3.05, 3.63) is 65.4 Å². The maximum Gasteiger partial charge on any atom is 0.229 e. The standard InChI is InChI=1S/C24H26N4O2/c1-4-30-19-10-8-17(9-11-19)26-24-27-20-13-16(3)14-21(29)22(20)23(28-24)25-18-7-5-6-15(2)12-18/h5-12,16H,4,13-14H2,1-3H3,(H2,25,26,27,28). The number of aromatic nitrogens is 2. The molecule has 4 rings (SSSR count). The lowest BCUT2D eigenvalue weighted by Gasteiger charge is -2.23. The van der Waals surface area contributed by atoms with Crippen LogP contribution in [0.15, 0.2) is 48.5 Å². The molecule has 1 aromatic heterocycles. The van der Waals surface area contributed by atoms with Gasteiger partial charge in [0.2, 0.25) is 5.95 Å². The van der Waals surface area contributed by atoms with E-state index in [4.69, 9.17) is 4.74 Å². The van der Waals surface area contributed by atoms with E-state index >= 15 is 0 Å². The number of rotatable bonds is 6. The van der Waals surface area contributed by atoms with Crippen LogP contribution in [0.3, 0.4) is 0 Å². The molecule has 0 radical (unpaired) electrons. The van der Waals surface area contributed by atoms with Crippen LogP contribution in [0.5, 0.6) is 5.75 Å². The van der Waals surface area contributed by atoms with Gasteiger partial charge in [0.25, 0.3) is 0 Å². The summed E-state index contributed by atoms with van der Waals surface area (Å²) in [6, 6.07) is 15.7. The smallest absolute Gasteiger partial charge is 0.229 e. The summed E-state index contributed by atoms with van der Waals surface area (Å²) in [6.07, 6.45) is 1.27. The van der Waals surface area contributed by atoms with Gasteiger partial charge in [0.15, 0.2) is 5.78 Å². The first kappa shape index (κ1) is 19.9. The highest BCUT2D eigenvalue weighted by Crippen LogP contribution is 2.32. The lowest BCUT2D eigenvalue weighted by atomic mass is 9.87. The molecule has 0 bridgehead atoms. The average molecular weight is 402 g/mol. The monoisotopic (exact) mass is 402 g/mol. The van der Waals surface area contributed by atoms with E-state index in [-0.39, 0.29) is 11.7 Å². The Labute approximate surface area is 176 Å². The number of ketones is 1. The Morgan fingerprint density at radius 2 is 1.83 bits per heavy atom. The normalized spacial score (nSPS) is 15.4. The molecule has 1 heterocycles. The number of ether oxygens (including phenoxy) is 1. The molecular formula is C24H26N4O2. The van der Waals surface area contributed by atoms with E-state index < -0.39 is 0 Å². The van der Waals surface area contributed by atoms with E-state index in [2.05, 4.69) is 27.5 Å². The Balaban J connectivity index is 1.69. The van der Waals surface area contributed by atoms with Gasteiger partial charge < -0.3 is 15.4 Å². The van der Waals surface area contributed by atoms with Crippen LogP contribution in [-0.4, -0.2) is 22.4 Å². The van der Waals surface area contributed by atoms with Gasteiger partial charge >= 0.3 is 0 Å². The van der Waals surface area contributed by atoms with Crippen molar-refractivity contribution >= 4 is 28.9 Å². The predicted molar refractivity (Wildman–Crippen MR) is 119 cm³/mol. The molecule has 30 heavy (non-hydrogen) atoms. The number of anilines is 4. The molecule has 6 nitrogen and oxygen atoms in total. The second kappa shape index (κ2) is 8.53. The van der Waals surface area contributed by atoms with Crippen molar-refractivity contribution in [2.24, 2.45) is 5.92 Å². The molecule has 0 spiro atoms. The van der Waals surface area contributed by atoms with Crippen LogP contribution in [0, 0.1) is 12.8 Å². The van der Waals surface area contributed by atoms with Gasteiger partial charge in [-0.25, -0.2) is 4.98 Å². The molecule has 0 amide bonds. The first-order valence-electron chi connectivity index (χ1n) is 10.3. The van der Waals surface area contributed by atoms with Crippen LogP contribution in [0.2, 0.25) is 0 Å². The van der Waals surface area contributed by atoms with E-state index in [9.17, 15) is 4.79 Å². The van der Waals surface area contributed by atoms with E-state index in [0.29, 0.717) is 30.4 Å². The van der Waals surface area contributed by atoms with Crippen molar-refractivity contribution in [3.63, 3.8) is 0 Å². The summed E-state index contributed by atoms with van der Waals surface area (Å²) in [6.45, 7) is 6.70. The Bertz CT molecular complexity index is 1060. The van der Waals surface area contributed by atoms with Gasteiger partial charge in [0.1, 0.15) is 11.6 Å². The summed E-state index contributed by atoms with van der Waals surface area (Å²) in [7, 11) is 0. The van der Waals surface area contributed by atoms with Crippen molar-refractivity contribution in [1.29, 1.82) is 0 Å². The molecule has 1 atom stereocenters. The summed E-state index contributed by atoms with van der Waals surface area (Å²) in [5, 5.41) is 6.60. The van der Waals surface area contributed by atoms with Crippen molar-refractivity contribution in [1.82, 2.24) is 9.97 Å². The molecule has 0 fully saturated rings. The topological polar surface area (TPSA) is 76.1 Å². The van der Waals surface area contributed by atoms with Gasteiger partial charge in [0, 0.05) is 17.8 Å². The van der Waals surface area contributed by atoms with Crippen LogP contribution in [0.25, 0.3) is 0 Å². The van der Waals surface area contributed by atoms with Crippen LogP contribution >= 0.6 is 0 Å². The first-order valence-corrected chi connectivity index (χ1v) is 10.3. The Morgan fingerprint density at radius 3 is 2.57 bits per heavy atom.